The zero-order valence-electron chi connectivity index (χ0n) is 10.0. The molecule has 1 atom stereocenters. The molecule has 1 aliphatic rings. The molecule has 0 radical (unpaired) electrons. The fourth-order valence-electron chi connectivity index (χ4n) is 1.77. The van der Waals surface area contributed by atoms with Crippen molar-refractivity contribution in [2.24, 2.45) is 5.73 Å². The molecule has 18 heavy (non-hydrogen) atoms. The van der Waals surface area contributed by atoms with Gasteiger partial charge in [-0.25, -0.2) is 4.39 Å². The van der Waals surface area contributed by atoms with Gasteiger partial charge in [0, 0.05) is 12.7 Å². The molecule has 0 aromatic heterocycles. The lowest BCUT2D eigenvalue weighted by Crippen LogP contribution is -2.51. The smallest absolute Gasteiger partial charge is 0.247 e. The van der Waals surface area contributed by atoms with Crippen molar-refractivity contribution in [3.63, 3.8) is 0 Å². The van der Waals surface area contributed by atoms with Crippen LogP contribution in [0.25, 0.3) is 0 Å². The van der Waals surface area contributed by atoms with E-state index in [4.69, 9.17) is 15.2 Å². The van der Waals surface area contributed by atoms with Crippen molar-refractivity contribution in [2.45, 2.75) is 12.0 Å². The predicted octanol–water partition coefficient (Wildman–Crippen LogP) is 0.891. The summed E-state index contributed by atoms with van der Waals surface area (Å²) in [5, 5.41) is 2.64. The maximum absolute atomic E-state index is 13.0. The molecule has 0 aliphatic carbocycles. The number of rotatable bonds is 3. The average molecular weight is 254 g/mol. The maximum Gasteiger partial charge on any atom is 0.247 e. The summed E-state index contributed by atoms with van der Waals surface area (Å²) >= 11 is 0. The first-order valence-corrected chi connectivity index (χ1v) is 5.57. The summed E-state index contributed by atoms with van der Waals surface area (Å²) in [5.74, 6) is -0.535. The molecular weight excluding hydrogens is 239 g/mol. The van der Waals surface area contributed by atoms with Gasteiger partial charge in [-0.15, -0.1) is 0 Å². The Bertz CT molecular complexity index is 459. The average Bonchev–Trinajstić information content (AvgIpc) is 2.79. The van der Waals surface area contributed by atoms with Crippen LogP contribution in [0.4, 0.5) is 10.1 Å². The van der Waals surface area contributed by atoms with Gasteiger partial charge in [-0.2, -0.15) is 0 Å². The highest BCUT2D eigenvalue weighted by molar-refractivity contribution is 5.99. The standard InChI is InChI=1S/C12H15FN2O3/c1-17-10-6-8(13)2-3-9(10)15-11(16)12(14)4-5-18-7-12/h2-3,6H,4-5,7,14H2,1H3,(H,15,16). The second-order valence-electron chi connectivity index (χ2n) is 4.26. The Balaban J connectivity index is 2.16. The van der Waals surface area contributed by atoms with Gasteiger partial charge in [0.05, 0.1) is 19.4 Å². The van der Waals surface area contributed by atoms with Crippen LogP contribution < -0.4 is 15.8 Å². The van der Waals surface area contributed by atoms with Crippen LogP contribution in [-0.2, 0) is 9.53 Å². The van der Waals surface area contributed by atoms with Gasteiger partial charge in [0.25, 0.3) is 0 Å². The van der Waals surface area contributed by atoms with Gasteiger partial charge >= 0.3 is 0 Å². The predicted molar refractivity (Wildman–Crippen MR) is 63.9 cm³/mol. The number of amides is 1. The molecule has 1 saturated heterocycles. The molecule has 1 aromatic rings. The fraction of sp³-hybridized carbons (Fsp3) is 0.417. The highest BCUT2D eigenvalue weighted by atomic mass is 19.1. The minimum Gasteiger partial charge on any atom is -0.494 e. The summed E-state index contributed by atoms with van der Waals surface area (Å²) in [7, 11) is 1.40. The number of methoxy groups -OCH3 is 1. The summed E-state index contributed by atoms with van der Waals surface area (Å²) < 4.78 is 23.1. The number of carbonyl (C=O) groups excluding carboxylic acids is 1. The second kappa shape index (κ2) is 4.91. The zero-order chi connectivity index (χ0) is 13.2. The number of nitrogens with two attached hydrogens (primary N) is 1. The normalized spacial score (nSPS) is 22.8. The molecule has 6 heteroatoms. The monoisotopic (exact) mass is 254 g/mol. The van der Waals surface area contributed by atoms with E-state index in [1.165, 1.54) is 25.3 Å². The van der Waals surface area contributed by atoms with E-state index in [1.54, 1.807) is 0 Å². The first-order valence-electron chi connectivity index (χ1n) is 5.57. The van der Waals surface area contributed by atoms with Crippen LogP contribution >= 0.6 is 0 Å². The number of halogens is 1. The van der Waals surface area contributed by atoms with E-state index < -0.39 is 11.4 Å². The summed E-state index contributed by atoms with van der Waals surface area (Å²) in [4.78, 5) is 12.0. The van der Waals surface area contributed by atoms with Gasteiger partial charge in [-0.3, -0.25) is 4.79 Å². The summed E-state index contributed by atoms with van der Waals surface area (Å²) in [6, 6.07) is 3.88. The van der Waals surface area contributed by atoms with Crippen LogP contribution in [0.5, 0.6) is 5.75 Å². The summed E-state index contributed by atoms with van der Waals surface area (Å²) in [6.45, 7) is 0.646. The topological polar surface area (TPSA) is 73.6 Å². The number of carbonyl (C=O) groups is 1. The molecule has 98 valence electrons. The van der Waals surface area contributed by atoms with Crippen LogP contribution in [0.1, 0.15) is 6.42 Å². The molecular formula is C12H15FN2O3. The second-order valence-corrected chi connectivity index (χ2v) is 4.26. The quantitative estimate of drug-likeness (QED) is 0.840. The van der Waals surface area contributed by atoms with E-state index in [0.29, 0.717) is 18.7 Å². The van der Waals surface area contributed by atoms with Gasteiger partial charge in [0.1, 0.15) is 17.1 Å². The molecule has 5 nitrogen and oxygen atoms in total. The van der Waals surface area contributed by atoms with E-state index in [9.17, 15) is 9.18 Å². The summed E-state index contributed by atoms with van der Waals surface area (Å²) in [5.41, 5.74) is 5.28. The number of anilines is 1. The molecule has 1 fully saturated rings. The number of nitrogens with one attached hydrogen (secondary N) is 1. The number of hydrogen-bond acceptors (Lipinski definition) is 4. The van der Waals surface area contributed by atoms with Crippen molar-refractivity contribution in [2.75, 3.05) is 25.6 Å². The molecule has 3 N–H and O–H groups in total. The Morgan fingerprint density at radius 1 is 1.61 bits per heavy atom. The number of hydrogen-bond donors (Lipinski definition) is 2. The highest BCUT2D eigenvalue weighted by Gasteiger charge is 2.38. The molecule has 0 saturated carbocycles. The zero-order valence-corrected chi connectivity index (χ0v) is 10.0. The molecule has 1 aromatic carbocycles. The maximum atomic E-state index is 13.0. The number of benzene rings is 1. The van der Waals surface area contributed by atoms with E-state index in [-0.39, 0.29) is 18.3 Å². The van der Waals surface area contributed by atoms with Crippen LogP contribution in [0.2, 0.25) is 0 Å². The van der Waals surface area contributed by atoms with Gasteiger partial charge in [-0.05, 0) is 18.6 Å². The largest absolute Gasteiger partial charge is 0.494 e. The van der Waals surface area contributed by atoms with Gasteiger partial charge in [-0.1, -0.05) is 0 Å². The lowest BCUT2D eigenvalue weighted by molar-refractivity contribution is -0.121. The summed E-state index contributed by atoms with van der Waals surface area (Å²) in [6.07, 6.45) is 0.461. The lowest BCUT2D eigenvalue weighted by Gasteiger charge is -2.21. The third-order valence-corrected chi connectivity index (χ3v) is 2.92. The third-order valence-electron chi connectivity index (χ3n) is 2.92. The van der Waals surface area contributed by atoms with Crippen molar-refractivity contribution in [3.05, 3.63) is 24.0 Å². The fourth-order valence-corrected chi connectivity index (χ4v) is 1.77. The molecule has 1 aliphatic heterocycles. The Morgan fingerprint density at radius 2 is 2.39 bits per heavy atom. The van der Waals surface area contributed by atoms with Crippen LogP contribution in [0.15, 0.2) is 18.2 Å². The Kier molecular flexibility index (Phi) is 3.49. The van der Waals surface area contributed by atoms with E-state index >= 15 is 0 Å². The SMILES string of the molecule is COc1cc(F)ccc1NC(=O)C1(N)CCOC1. The van der Waals surface area contributed by atoms with E-state index in [0.717, 1.165) is 0 Å². The number of ether oxygens (including phenoxy) is 2. The van der Waals surface area contributed by atoms with Crippen molar-refractivity contribution in [1.82, 2.24) is 0 Å². The van der Waals surface area contributed by atoms with Gasteiger partial charge in [0.2, 0.25) is 5.91 Å². The van der Waals surface area contributed by atoms with Crippen LogP contribution in [-0.4, -0.2) is 31.8 Å². The third kappa shape index (κ3) is 2.44. The molecule has 2 rings (SSSR count). The Morgan fingerprint density at radius 3 is 3.00 bits per heavy atom. The molecule has 1 heterocycles. The van der Waals surface area contributed by atoms with Crippen molar-refractivity contribution in [3.8, 4) is 5.75 Å². The molecule has 1 amide bonds. The molecule has 0 bridgehead atoms. The Labute approximate surface area is 104 Å². The molecule has 1 unspecified atom stereocenters. The van der Waals surface area contributed by atoms with Crippen LogP contribution in [0.3, 0.4) is 0 Å². The highest BCUT2D eigenvalue weighted by Crippen LogP contribution is 2.26. The van der Waals surface area contributed by atoms with E-state index in [2.05, 4.69) is 5.32 Å². The van der Waals surface area contributed by atoms with Gasteiger partial charge < -0.3 is 20.5 Å². The van der Waals surface area contributed by atoms with Gasteiger partial charge in [0.15, 0.2) is 0 Å². The minimum absolute atomic E-state index is 0.183. The minimum atomic E-state index is -1.03. The Hall–Kier alpha value is -1.66. The van der Waals surface area contributed by atoms with Crippen molar-refractivity contribution >= 4 is 11.6 Å². The molecule has 0 spiro atoms. The van der Waals surface area contributed by atoms with Crippen molar-refractivity contribution < 1.29 is 18.7 Å². The van der Waals surface area contributed by atoms with Crippen molar-refractivity contribution in [1.29, 1.82) is 0 Å². The first-order chi connectivity index (χ1) is 8.55. The van der Waals surface area contributed by atoms with E-state index in [1.807, 2.05) is 0 Å². The van der Waals surface area contributed by atoms with Crippen LogP contribution in [0, 0.1) is 5.82 Å². The lowest BCUT2D eigenvalue weighted by atomic mass is 9.99. The first kappa shape index (κ1) is 12.8.